The molecule has 34 heavy (non-hydrogen) atoms. The van der Waals surface area contributed by atoms with E-state index in [2.05, 4.69) is 25.8 Å². The van der Waals surface area contributed by atoms with E-state index in [0.717, 1.165) is 19.4 Å². The lowest BCUT2D eigenvalue weighted by atomic mass is 10.1. The molecule has 0 bridgehead atoms. The molecule has 4 heterocycles. The molecule has 0 radical (unpaired) electrons. The number of hydrogen-bond donors (Lipinski definition) is 4. The fourth-order valence-corrected chi connectivity index (χ4v) is 4.26. The molecular formula is C23H26N6O5. The molecule has 1 atom stereocenters. The Morgan fingerprint density at radius 1 is 1.24 bits per heavy atom. The highest BCUT2D eigenvalue weighted by Crippen LogP contribution is 2.36. The number of nitrogens with one attached hydrogen (secondary N) is 3. The van der Waals surface area contributed by atoms with Crippen molar-refractivity contribution in [2.45, 2.75) is 44.8 Å². The fraction of sp³-hybridized carbons (Fsp3) is 0.391. The Morgan fingerprint density at radius 2 is 2.09 bits per heavy atom. The molecule has 11 heteroatoms. The number of carboxylic acid groups (broad SMARTS) is 1. The van der Waals surface area contributed by atoms with Crippen LogP contribution in [0.25, 0.3) is 11.1 Å². The molecule has 1 aromatic carbocycles. The predicted molar refractivity (Wildman–Crippen MR) is 126 cm³/mol. The van der Waals surface area contributed by atoms with Gasteiger partial charge < -0.3 is 35.1 Å². The second kappa shape index (κ2) is 8.40. The van der Waals surface area contributed by atoms with E-state index in [9.17, 15) is 9.59 Å². The molecule has 1 saturated heterocycles. The first-order valence-electron chi connectivity index (χ1n) is 11.2. The van der Waals surface area contributed by atoms with E-state index in [4.69, 9.17) is 19.2 Å². The van der Waals surface area contributed by atoms with Crippen molar-refractivity contribution < 1.29 is 23.8 Å². The van der Waals surface area contributed by atoms with Crippen LogP contribution in [0.5, 0.6) is 5.75 Å². The number of carbonyl (C=O) groups excluding carboxylic acids is 1. The highest BCUT2D eigenvalue weighted by Gasteiger charge is 2.35. The molecule has 2 aliphatic heterocycles. The minimum Gasteiger partial charge on any atom is -0.476 e. The summed E-state index contributed by atoms with van der Waals surface area (Å²) in [7, 11) is 0. The molecule has 0 spiro atoms. The summed E-state index contributed by atoms with van der Waals surface area (Å²) in [5, 5.41) is 17.7. The zero-order valence-corrected chi connectivity index (χ0v) is 18.9. The fourth-order valence-electron chi connectivity index (χ4n) is 4.26. The number of anilines is 4. The highest BCUT2D eigenvalue weighted by molar-refractivity contribution is 6.00. The zero-order valence-electron chi connectivity index (χ0n) is 18.9. The normalized spacial score (nSPS) is 19.5. The molecule has 2 amide bonds. The Hall–Kier alpha value is -4.02. The van der Waals surface area contributed by atoms with Gasteiger partial charge in [-0.25, -0.2) is 9.78 Å². The zero-order chi connectivity index (χ0) is 23.9. The minimum atomic E-state index is -1.00. The van der Waals surface area contributed by atoms with Crippen molar-refractivity contribution in [2.24, 2.45) is 0 Å². The van der Waals surface area contributed by atoms with Gasteiger partial charge in [0.05, 0.1) is 12.0 Å². The van der Waals surface area contributed by atoms with Gasteiger partial charge in [-0.15, -0.1) is 0 Å². The molecule has 5 rings (SSSR count). The van der Waals surface area contributed by atoms with Gasteiger partial charge >= 0.3 is 6.09 Å². The first kappa shape index (κ1) is 21.8. The van der Waals surface area contributed by atoms with Crippen LogP contribution in [-0.4, -0.2) is 51.8 Å². The summed E-state index contributed by atoms with van der Waals surface area (Å²) in [5.41, 5.74) is 1.58. The molecule has 1 fully saturated rings. The van der Waals surface area contributed by atoms with E-state index < -0.39 is 11.7 Å². The summed E-state index contributed by atoms with van der Waals surface area (Å²) >= 11 is 0. The van der Waals surface area contributed by atoms with Crippen LogP contribution in [0, 0.1) is 0 Å². The maximum absolute atomic E-state index is 12.3. The van der Waals surface area contributed by atoms with Gasteiger partial charge in [0.1, 0.15) is 11.3 Å². The van der Waals surface area contributed by atoms with Gasteiger partial charge in [0.2, 0.25) is 5.95 Å². The van der Waals surface area contributed by atoms with Gasteiger partial charge in [0.25, 0.3) is 5.91 Å². The van der Waals surface area contributed by atoms with Crippen LogP contribution in [0.2, 0.25) is 0 Å². The number of amides is 2. The van der Waals surface area contributed by atoms with Crippen molar-refractivity contribution in [2.75, 3.05) is 28.6 Å². The van der Waals surface area contributed by atoms with Gasteiger partial charge in [-0.05, 0) is 51.3 Å². The maximum Gasteiger partial charge on any atom is 0.404 e. The topological polar surface area (TPSA) is 142 Å². The van der Waals surface area contributed by atoms with E-state index >= 15 is 0 Å². The monoisotopic (exact) mass is 466 g/mol. The minimum absolute atomic E-state index is 0.0908. The van der Waals surface area contributed by atoms with E-state index in [1.54, 1.807) is 38.3 Å². The van der Waals surface area contributed by atoms with Crippen LogP contribution in [0.15, 0.2) is 34.9 Å². The third-order valence-electron chi connectivity index (χ3n) is 6.04. The number of aromatic nitrogens is 2. The van der Waals surface area contributed by atoms with Crippen LogP contribution >= 0.6 is 0 Å². The lowest BCUT2D eigenvalue weighted by molar-refractivity contribution is -0.129. The molecular weight excluding hydrogens is 440 g/mol. The number of nitrogens with zero attached hydrogens (tertiary/aromatic N) is 3. The number of fused-ring (bicyclic) bond motifs is 2. The lowest BCUT2D eigenvalue weighted by Crippen LogP contribution is -2.45. The average molecular weight is 466 g/mol. The van der Waals surface area contributed by atoms with E-state index in [0.29, 0.717) is 53.0 Å². The van der Waals surface area contributed by atoms with Crippen molar-refractivity contribution in [3.8, 4) is 5.75 Å². The number of rotatable bonds is 4. The molecule has 4 N–H and O–H groups in total. The van der Waals surface area contributed by atoms with Gasteiger partial charge in [0, 0.05) is 30.9 Å². The molecule has 0 aliphatic carbocycles. The van der Waals surface area contributed by atoms with Crippen molar-refractivity contribution in [1.82, 2.24) is 15.3 Å². The molecule has 1 unspecified atom stereocenters. The van der Waals surface area contributed by atoms with E-state index in [1.807, 2.05) is 6.07 Å². The number of ether oxygens (including phenoxy) is 1. The number of carbonyl (C=O) groups is 2. The second-order valence-corrected chi connectivity index (χ2v) is 8.97. The van der Waals surface area contributed by atoms with Gasteiger partial charge in [-0.3, -0.25) is 4.79 Å². The molecule has 2 aromatic heterocycles. The van der Waals surface area contributed by atoms with Crippen molar-refractivity contribution >= 4 is 46.2 Å². The quantitative estimate of drug-likeness (QED) is 0.453. The van der Waals surface area contributed by atoms with Gasteiger partial charge in [-0.1, -0.05) is 0 Å². The van der Waals surface area contributed by atoms with Crippen LogP contribution in [0.1, 0.15) is 33.1 Å². The van der Waals surface area contributed by atoms with E-state index in [-0.39, 0.29) is 11.9 Å². The molecule has 2 aliphatic rings. The third-order valence-corrected chi connectivity index (χ3v) is 6.04. The molecule has 3 aromatic rings. The molecule has 11 nitrogen and oxygen atoms in total. The van der Waals surface area contributed by atoms with Crippen LogP contribution < -0.4 is 25.6 Å². The summed E-state index contributed by atoms with van der Waals surface area (Å²) in [4.78, 5) is 34.7. The Labute approximate surface area is 195 Å². The average Bonchev–Trinajstić information content (AvgIpc) is 3.13. The maximum atomic E-state index is 12.3. The molecule has 0 saturated carbocycles. The van der Waals surface area contributed by atoms with Crippen molar-refractivity contribution in [1.29, 1.82) is 0 Å². The first-order chi connectivity index (χ1) is 16.3. The third kappa shape index (κ3) is 4.28. The summed E-state index contributed by atoms with van der Waals surface area (Å²) in [6.45, 7) is 4.79. The molecule has 178 valence electrons. The summed E-state index contributed by atoms with van der Waals surface area (Å²) < 4.78 is 11.5. The summed E-state index contributed by atoms with van der Waals surface area (Å²) in [6, 6.07) is 7.09. The van der Waals surface area contributed by atoms with Crippen LogP contribution in [0.3, 0.4) is 0 Å². The SMILES string of the molecule is CC1(C)Oc2ccc(Nc3nc(N4CCCC(NC(=O)O)CC4)c4occc4n3)cc2NC1=O. The number of benzene rings is 1. The first-order valence-corrected chi connectivity index (χ1v) is 11.2. The Kier molecular flexibility index (Phi) is 5.39. The number of furan rings is 1. The number of hydrogen-bond acceptors (Lipinski definition) is 8. The van der Waals surface area contributed by atoms with Crippen molar-refractivity contribution in [3.05, 3.63) is 30.5 Å². The predicted octanol–water partition coefficient (Wildman–Crippen LogP) is 3.70. The van der Waals surface area contributed by atoms with Crippen LogP contribution in [0.4, 0.5) is 27.9 Å². The van der Waals surface area contributed by atoms with Gasteiger partial charge in [-0.2, -0.15) is 4.98 Å². The van der Waals surface area contributed by atoms with E-state index in [1.165, 1.54) is 0 Å². The second-order valence-electron chi connectivity index (χ2n) is 8.97. The Bertz CT molecular complexity index is 1260. The lowest BCUT2D eigenvalue weighted by Gasteiger charge is -2.31. The smallest absolute Gasteiger partial charge is 0.404 e. The standard InChI is InChI=1S/C23H26N6O5/c1-23(2)20(30)26-16-12-14(5-6-17(16)34-23)24-21-27-15-8-11-33-18(15)19(28-21)29-9-3-4-13(7-10-29)25-22(31)32/h5-6,8,11-13,25H,3-4,7,9-10H2,1-2H3,(H,26,30)(H,31,32)(H,24,27,28). The highest BCUT2D eigenvalue weighted by atomic mass is 16.5. The van der Waals surface area contributed by atoms with Gasteiger partial charge in [0.15, 0.2) is 17.0 Å². The Morgan fingerprint density at radius 3 is 2.91 bits per heavy atom. The Balaban J connectivity index is 1.40. The summed E-state index contributed by atoms with van der Waals surface area (Å²) in [5.74, 6) is 1.42. The largest absolute Gasteiger partial charge is 0.476 e. The van der Waals surface area contributed by atoms with Crippen molar-refractivity contribution in [3.63, 3.8) is 0 Å². The summed E-state index contributed by atoms with van der Waals surface area (Å²) in [6.07, 6.45) is 2.82. The van der Waals surface area contributed by atoms with Crippen LogP contribution in [-0.2, 0) is 4.79 Å².